The van der Waals surface area contributed by atoms with E-state index in [9.17, 15) is 4.79 Å². The van der Waals surface area contributed by atoms with E-state index < -0.39 is 0 Å². The van der Waals surface area contributed by atoms with Gasteiger partial charge >= 0.3 is 0 Å². The molecule has 0 radical (unpaired) electrons. The third-order valence-corrected chi connectivity index (χ3v) is 6.07. The third kappa shape index (κ3) is 5.61. The number of benzene rings is 2. The molecule has 2 N–H and O–H groups in total. The SMILES string of the molecule is O=C(CSc1nnc(NCc2ccccc2)s1)Nc1ccc2c(c1)OCCCO2. The molecule has 1 aliphatic rings. The number of nitrogens with one attached hydrogen (secondary N) is 2. The zero-order chi connectivity index (χ0) is 19.9. The Bertz CT molecular complexity index is 965. The first kappa shape index (κ1) is 19.5. The van der Waals surface area contributed by atoms with Gasteiger partial charge in [-0.25, -0.2) is 0 Å². The third-order valence-electron chi connectivity index (χ3n) is 4.05. The van der Waals surface area contributed by atoms with Crippen LogP contribution in [0.2, 0.25) is 0 Å². The summed E-state index contributed by atoms with van der Waals surface area (Å²) < 4.78 is 12.0. The van der Waals surface area contributed by atoms with Crippen molar-refractivity contribution in [1.82, 2.24) is 10.2 Å². The number of hydrogen-bond donors (Lipinski definition) is 2. The molecule has 0 saturated heterocycles. The van der Waals surface area contributed by atoms with Gasteiger partial charge < -0.3 is 20.1 Å². The number of thioether (sulfide) groups is 1. The Hall–Kier alpha value is -2.78. The summed E-state index contributed by atoms with van der Waals surface area (Å²) >= 11 is 2.79. The van der Waals surface area contributed by atoms with Crippen molar-refractivity contribution in [2.75, 3.05) is 29.6 Å². The van der Waals surface area contributed by atoms with Gasteiger partial charge in [-0.2, -0.15) is 0 Å². The number of carbonyl (C=O) groups excluding carboxylic acids is 1. The lowest BCUT2D eigenvalue weighted by molar-refractivity contribution is -0.113. The minimum atomic E-state index is -0.113. The van der Waals surface area contributed by atoms with Crippen molar-refractivity contribution in [1.29, 1.82) is 0 Å². The quantitative estimate of drug-likeness (QED) is 0.549. The summed E-state index contributed by atoms with van der Waals surface area (Å²) in [6, 6.07) is 15.5. The number of aromatic nitrogens is 2. The molecule has 0 bridgehead atoms. The van der Waals surface area contributed by atoms with Crippen molar-refractivity contribution in [2.45, 2.75) is 17.3 Å². The van der Waals surface area contributed by atoms with Gasteiger partial charge in [0.1, 0.15) is 0 Å². The molecule has 0 spiro atoms. The van der Waals surface area contributed by atoms with E-state index in [0.717, 1.165) is 15.9 Å². The molecule has 1 aliphatic heterocycles. The number of amides is 1. The summed E-state index contributed by atoms with van der Waals surface area (Å²) in [4.78, 5) is 12.3. The van der Waals surface area contributed by atoms with E-state index in [4.69, 9.17) is 9.47 Å². The van der Waals surface area contributed by atoms with Crippen LogP contribution in [0.4, 0.5) is 10.8 Å². The predicted octanol–water partition coefficient (Wildman–Crippen LogP) is 4.04. The van der Waals surface area contributed by atoms with Gasteiger partial charge in [-0.05, 0) is 17.7 Å². The lowest BCUT2D eigenvalue weighted by Crippen LogP contribution is -2.14. The highest BCUT2D eigenvalue weighted by atomic mass is 32.2. The highest BCUT2D eigenvalue weighted by Gasteiger charge is 2.13. The topological polar surface area (TPSA) is 85.4 Å². The number of hydrogen-bond acceptors (Lipinski definition) is 8. The van der Waals surface area contributed by atoms with Gasteiger partial charge in [0.05, 0.1) is 19.0 Å². The molecule has 0 fully saturated rings. The molecule has 1 aromatic heterocycles. The van der Waals surface area contributed by atoms with E-state index in [1.165, 1.54) is 28.7 Å². The van der Waals surface area contributed by atoms with Gasteiger partial charge in [0.25, 0.3) is 0 Å². The molecule has 9 heteroatoms. The first-order valence-electron chi connectivity index (χ1n) is 9.20. The molecule has 0 atom stereocenters. The first-order valence-corrected chi connectivity index (χ1v) is 11.0. The van der Waals surface area contributed by atoms with Crippen LogP contribution in [0.5, 0.6) is 11.5 Å². The van der Waals surface area contributed by atoms with Gasteiger partial charge in [0.15, 0.2) is 15.8 Å². The predicted molar refractivity (Wildman–Crippen MR) is 115 cm³/mol. The van der Waals surface area contributed by atoms with Gasteiger partial charge in [-0.15, -0.1) is 10.2 Å². The largest absolute Gasteiger partial charge is 0.490 e. The number of rotatable bonds is 7. The van der Waals surface area contributed by atoms with Crippen LogP contribution >= 0.6 is 23.1 Å². The van der Waals surface area contributed by atoms with Crippen molar-refractivity contribution in [3.8, 4) is 11.5 Å². The van der Waals surface area contributed by atoms with Crippen molar-refractivity contribution >= 4 is 39.8 Å². The van der Waals surface area contributed by atoms with Crippen LogP contribution in [0.25, 0.3) is 0 Å². The van der Waals surface area contributed by atoms with Crippen LogP contribution in [0, 0.1) is 0 Å². The number of nitrogens with zero attached hydrogens (tertiary/aromatic N) is 2. The second kappa shape index (κ2) is 9.62. The number of fused-ring (bicyclic) bond motifs is 1. The van der Waals surface area contributed by atoms with Crippen LogP contribution in [-0.2, 0) is 11.3 Å². The second-order valence-corrected chi connectivity index (χ2v) is 8.46. The van der Waals surface area contributed by atoms with Gasteiger partial charge in [-0.1, -0.05) is 53.4 Å². The Morgan fingerprint density at radius 2 is 1.90 bits per heavy atom. The lowest BCUT2D eigenvalue weighted by Gasteiger charge is -2.10. The van der Waals surface area contributed by atoms with Gasteiger partial charge in [0.2, 0.25) is 11.0 Å². The molecule has 1 amide bonds. The molecular weight excluding hydrogens is 408 g/mol. The van der Waals surface area contributed by atoms with Crippen LogP contribution in [-0.4, -0.2) is 35.1 Å². The number of ether oxygens (including phenoxy) is 2. The van der Waals surface area contributed by atoms with E-state index in [0.29, 0.717) is 36.9 Å². The van der Waals surface area contributed by atoms with Crippen molar-refractivity contribution in [3.05, 3.63) is 54.1 Å². The fourth-order valence-corrected chi connectivity index (χ4v) is 4.23. The summed E-state index contributed by atoms with van der Waals surface area (Å²) in [5.74, 6) is 1.51. The fraction of sp³-hybridized carbons (Fsp3) is 0.250. The second-order valence-electron chi connectivity index (χ2n) is 6.26. The number of carbonyl (C=O) groups is 1. The van der Waals surface area contributed by atoms with Gasteiger partial charge in [0, 0.05) is 24.7 Å². The molecule has 150 valence electrons. The maximum atomic E-state index is 12.3. The zero-order valence-corrected chi connectivity index (χ0v) is 17.2. The van der Waals surface area contributed by atoms with Crippen LogP contribution in [0.1, 0.15) is 12.0 Å². The van der Waals surface area contributed by atoms with E-state index in [1.807, 2.05) is 42.5 Å². The lowest BCUT2D eigenvalue weighted by atomic mass is 10.2. The minimum Gasteiger partial charge on any atom is -0.490 e. The Morgan fingerprint density at radius 1 is 1.07 bits per heavy atom. The summed E-state index contributed by atoms with van der Waals surface area (Å²) in [5.41, 5.74) is 1.86. The maximum absolute atomic E-state index is 12.3. The molecule has 0 aliphatic carbocycles. The summed E-state index contributed by atoms with van der Waals surface area (Å²) in [7, 11) is 0. The maximum Gasteiger partial charge on any atom is 0.234 e. The van der Waals surface area contributed by atoms with E-state index in [1.54, 1.807) is 6.07 Å². The highest BCUT2D eigenvalue weighted by Crippen LogP contribution is 2.32. The molecule has 2 aromatic carbocycles. The van der Waals surface area contributed by atoms with Crippen LogP contribution in [0.3, 0.4) is 0 Å². The molecule has 29 heavy (non-hydrogen) atoms. The Morgan fingerprint density at radius 3 is 2.76 bits per heavy atom. The van der Waals surface area contributed by atoms with Crippen LogP contribution in [0.15, 0.2) is 52.9 Å². The smallest absolute Gasteiger partial charge is 0.234 e. The standard InChI is InChI=1S/C20H20N4O3S2/c25-18(22-15-7-8-16-17(11-15)27-10-4-9-26-16)13-28-20-24-23-19(29-20)21-12-14-5-2-1-3-6-14/h1-3,5-8,11H,4,9-10,12-13H2,(H,21,23)(H,22,25). The summed E-state index contributed by atoms with van der Waals surface area (Å²) in [6.07, 6.45) is 0.844. The molecule has 2 heterocycles. The molecular formula is C20H20N4O3S2. The average molecular weight is 429 g/mol. The molecule has 7 nitrogen and oxygen atoms in total. The summed E-state index contributed by atoms with van der Waals surface area (Å²) in [5, 5.41) is 15.1. The van der Waals surface area contributed by atoms with E-state index in [2.05, 4.69) is 20.8 Å². The minimum absolute atomic E-state index is 0.113. The fourth-order valence-electron chi connectivity index (χ4n) is 2.68. The molecule has 4 rings (SSSR count). The molecule has 0 unspecified atom stereocenters. The van der Waals surface area contributed by atoms with E-state index in [-0.39, 0.29) is 11.7 Å². The average Bonchev–Trinajstić information content (AvgIpc) is 3.07. The Balaban J connectivity index is 1.26. The number of anilines is 2. The Kier molecular flexibility index (Phi) is 6.48. The van der Waals surface area contributed by atoms with Crippen LogP contribution < -0.4 is 20.1 Å². The highest BCUT2D eigenvalue weighted by molar-refractivity contribution is 8.01. The summed E-state index contributed by atoms with van der Waals surface area (Å²) in [6.45, 7) is 1.93. The van der Waals surface area contributed by atoms with Crippen molar-refractivity contribution in [2.24, 2.45) is 0 Å². The van der Waals surface area contributed by atoms with Crippen molar-refractivity contribution in [3.63, 3.8) is 0 Å². The zero-order valence-electron chi connectivity index (χ0n) is 15.6. The van der Waals surface area contributed by atoms with Crippen molar-refractivity contribution < 1.29 is 14.3 Å². The monoisotopic (exact) mass is 428 g/mol. The molecule has 3 aromatic rings. The Labute approximate surface area is 176 Å². The molecule has 0 saturated carbocycles. The first-order chi connectivity index (χ1) is 14.3. The van der Waals surface area contributed by atoms with E-state index >= 15 is 0 Å². The normalized spacial score (nSPS) is 12.8. The van der Waals surface area contributed by atoms with Gasteiger partial charge in [-0.3, -0.25) is 4.79 Å².